The van der Waals surface area contributed by atoms with Gasteiger partial charge in [0.15, 0.2) is 0 Å². The first-order chi connectivity index (χ1) is 4.83. The molecule has 1 aliphatic rings. The molecule has 0 amide bonds. The zero-order valence-corrected chi connectivity index (χ0v) is 6.74. The maximum Gasteiger partial charge on any atom is 0.316 e. The van der Waals surface area contributed by atoms with Crippen molar-refractivity contribution in [3.05, 3.63) is 0 Å². The summed E-state index contributed by atoms with van der Waals surface area (Å²) < 4.78 is 7.71. The zero-order chi connectivity index (χ0) is 7.40. The second-order valence-corrected chi connectivity index (χ2v) is 3.77. The number of hydrogen-bond donors (Lipinski definition) is 1. The second-order valence-electron chi connectivity index (χ2n) is 2.00. The molecule has 1 rings (SSSR count). The van der Waals surface area contributed by atoms with Crippen LogP contribution in [0.4, 0.5) is 0 Å². The second kappa shape index (κ2) is 3.73. The molecular formula is C6H11NO2S. The van der Waals surface area contributed by atoms with Gasteiger partial charge in [-0.25, -0.2) is 0 Å². The lowest BCUT2D eigenvalue weighted by atomic mass is 10.5. The molecule has 0 spiro atoms. The molecule has 0 fully saturated rings. The molecule has 0 aliphatic carbocycles. The van der Waals surface area contributed by atoms with E-state index in [9.17, 15) is 4.79 Å². The van der Waals surface area contributed by atoms with E-state index in [1.807, 2.05) is 0 Å². The van der Waals surface area contributed by atoms with Crippen molar-refractivity contribution in [3.8, 4) is 0 Å². The molecule has 1 heterocycles. The number of ether oxygens (including phenoxy) is 1. The molecule has 0 saturated heterocycles. The molecule has 1 N–H and O–H groups in total. The number of esters is 1. The third kappa shape index (κ3) is 2.11. The highest BCUT2D eigenvalue weighted by molar-refractivity contribution is 8.14. The third-order valence-corrected chi connectivity index (χ3v) is 3.01. The maximum atomic E-state index is 10.7. The highest BCUT2D eigenvalue weighted by atomic mass is 32.2. The number of rotatable bonds is 2. The Kier molecular flexibility index (Phi) is 2.89. The summed E-state index contributed by atoms with van der Waals surface area (Å²) in [6.07, 6.45) is 1.07. The third-order valence-electron chi connectivity index (χ3n) is 1.25. The predicted molar refractivity (Wildman–Crippen MR) is 43.2 cm³/mol. The lowest BCUT2D eigenvalue weighted by Gasteiger charge is -2.01. The molecule has 0 bridgehead atoms. The molecule has 58 valence electrons. The van der Waals surface area contributed by atoms with Crippen LogP contribution in [0.5, 0.6) is 0 Å². The average Bonchev–Trinajstić information content (AvgIpc) is 2.40. The highest BCUT2D eigenvalue weighted by Gasteiger charge is 2.06. The topological polar surface area (TPSA) is 38.3 Å². The van der Waals surface area contributed by atoms with Crippen LogP contribution < -0.4 is 4.72 Å². The summed E-state index contributed by atoms with van der Waals surface area (Å²) in [5, 5.41) is 2.14. The zero-order valence-electron chi connectivity index (χ0n) is 5.92. The van der Waals surface area contributed by atoms with Gasteiger partial charge in [0.05, 0.1) is 12.9 Å². The summed E-state index contributed by atoms with van der Waals surface area (Å²) in [6, 6.07) is 0. The van der Waals surface area contributed by atoms with Gasteiger partial charge in [0.1, 0.15) is 0 Å². The van der Waals surface area contributed by atoms with Crippen molar-refractivity contribution in [1.29, 1.82) is 0 Å². The van der Waals surface area contributed by atoms with Gasteiger partial charge in [-0.2, -0.15) is 0 Å². The van der Waals surface area contributed by atoms with Gasteiger partial charge < -0.3 is 4.74 Å². The molecule has 1 aliphatic heterocycles. The first-order valence-corrected chi connectivity index (χ1v) is 4.62. The Morgan fingerprint density at radius 3 is 3.20 bits per heavy atom. The Bertz CT molecular complexity index is 167. The van der Waals surface area contributed by atoms with Crippen LogP contribution >= 0.6 is 10.7 Å². The van der Waals surface area contributed by atoms with E-state index >= 15 is 0 Å². The molecule has 3 nitrogen and oxygen atoms in total. The summed E-state index contributed by atoms with van der Waals surface area (Å²) in [7, 11) is 1.41. The van der Waals surface area contributed by atoms with Crippen molar-refractivity contribution in [3.63, 3.8) is 0 Å². The molecule has 4 heteroatoms. The van der Waals surface area contributed by atoms with E-state index in [1.165, 1.54) is 7.11 Å². The van der Waals surface area contributed by atoms with Crippen LogP contribution in [0.25, 0.3) is 0 Å². The summed E-state index contributed by atoms with van der Waals surface area (Å²) in [5.41, 5.74) is 0. The van der Waals surface area contributed by atoms with Crippen LogP contribution in [0.15, 0.2) is 0 Å². The van der Waals surface area contributed by atoms with Crippen molar-refractivity contribution >= 4 is 22.0 Å². The normalized spacial score (nSPS) is 23.9. The largest absolute Gasteiger partial charge is 0.468 e. The number of carbonyl (C=O) groups is 1. The van der Waals surface area contributed by atoms with Crippen molar-refractivity contribution in [1.82, 2.24) is 4.72 Å². The van der Waals surface area contributed by atoms with Crippen LogP contribution in [0, 0.1) is 0 Å². The molecule has 1 unspecified atom stereocenters. The summed E-state index contributed by atoms with van der Waals surface area (Å²) in [5.74, 6) is 0.366. The fourth-order valence-corrected chi connectivity index (χ4v) is 2.24. The molecule has 0 aromatic rings. The van der Waals surface area contributed by atoms with Gasteiger partial charge >= 0.3 is 5.97 Å². The van der Waals surface area contributed by atoms with Crippen LogP contribution in [0.1, 0.15) is 6.42 Å². The fraction of sp³-hybridized carbons (Fsp3) is 0.667. The van der Waals surface area contributed by atoms with E-state index in [4.69, 9.17) is 0 Å². The minimum absolute atomic E-state index is 0.00681. The van der Waals surface area contributed by atoms with Gasteiger partial charge in [0.2, 0.25) is 0 Å². The predicted octanol–water partition coefficient (Wildman–Crippen LogP) is 0.139. The van der Waals surface area contributed by atoms with Crippen LogP contribution in [0.2, 0.25) is 0 Å². The highest BCUT2D eigenvalue weighted by Crippen LogP contribution is 2.11. The van der Waals surface area contributed by atoms with Gasteiger partial charge in [-0.3, -0.25) is 9.52 Å². The van der Waals surface area contributed by atoms with E-state index in [1.54, 1.807) is 0 Å². The lowest BCUT2D eigenvalue weighted by Crippen LogP contribution is -2.10. The van der Waals surface area contributed by atoms with Crippen molar-refractivity contribution in [2.45, 2.75) is 6.42 Å². The Hall–Kier alpha value is -0.350. The minimum atomic E-state index is -0.131. The molecule has 10 heavy (non-hydrogen) atoms. The van der Waals surface area contributed by atoms with Crippen LogP contribution in [-0.2, 0) is 9.53 Å². The fourth-order valence-electron chi connectivity index (χ4n) is 0.746. The van der Waals surface area contributed by atoms with Crippen LogP contribution in [-0.4, -0.2) is 30.7 Å². The van der Waals surface area contributed by atoms with Crippen molar-refractivity contribution < 1.29 is 9.53 Å². The van der Waals surface area contributed by atoms with E-state index in [0.717, 1.165) is 13.0 Å². The molecular weight excluding hydrogens is 150 g/mol. The molecule has 0 saturated carbocycles. The number of hydrogen-bond acceptors (Lipinski definition) is 3. The number of carbonyl (C=O) groups excluding carboxylic acids is 1. The summed E-state index contributed by atoms with van der Waals surface area (Å²) >= 11 is 0. The van der Waals surface area contributed by atoms with E-state index in [2.05, 4.69) is 14.8 Å². The monoisotopic (exact) mass is 161 g/mol. The number of nitrogens with one attached hydrogen (secondary N) is 1. The first-order valence-electron chi connectivity index (χ1n) is 3.16. The SMILES string of the molecule is COC(=O)CS1=CCCN1. The van der Waals surface area contributed by atoms with Crippen LogP contribution in [0.3, 0.4) is 0 Å². The Balaban J connectivity index is 2.30. The minimum Gasteiger partial charge on any atom is -0.468 e. The smallest absolute Gasteiger partial charge is 0.316 e. The summed E-state index contributed by atoms with van der Waals surface area (Å²) in [4.78, 5) is 10.7. The average molecular weight is 161 g/mol. The van der Waals surface area contributed by atoms with E-state index < -0.39 is 0 Å². The van der Waals surface area contributed by atoms with Gasteiger partial charge in [-0.1, -0.05) is 0 Å². The van der Waals surface area contributed by atoms with E-state index in [0.29, 0.717) is 5.75 Å². The standard InChI is InChI=1S/C6H11NO2S/c1-9-6(8)5-10-4-2-3-7-10/h4,7H,2-3,5H2,1H3. The Morgan fingerprint density at radius 2 is 2.70 bits per heavy atom. The Labute approximate surface area is 62.8 Å². The van der Waals surface area contributed by atoms with Gasteiger partial charge in [-0.05, 0) is 11.8 Å². The lowest BCUT2D eigenvalue weighted by molar-refractivity contribution is -0.137. The van der Waals surface area contributed by atoms with Gasteiger partial charge in [0, 0.05) is 6.54 Å². The molecule has 0 aromatic heterocycles. The Morgan fingerprint density at radius 1 is 1.90 bits per heavy atom. The number of methoxy groups -OCH3 is 1. The van der Waals surface area contributed by atoms with Gasteiger partial charge in [-0.15, -0.1) is 10.7 Å². The molecule has 1 atom stereocenters. The van der Waals surface area contributed by atoms with Crippen molar-refractivity contribution in [2.75, 3.05) is 19.4 Å². The quantitative estimate of drug-likeness (QED) is 0.462. The van der Waals surface area contributed by atoms with Crippen molar-refractivity contribution in [2.24, 2.45) is 0 Å². The molecule has 0 aromatic carbocycles. The molecule has 0 radical (unpaired) electrons. The maximum absolute atomic E-state index is 10.7. The summed E-state index contributed by atoms with van der Waals surface area (Å²) in [6.45, 7) is 1.00. The van der Waals surface area contributed by atoms with E-state index in [-0.39, 0.29) is 16.6 Å². The first kappa shape index (κ1) is 7.75. The van der Waals surface area contributed by atoms with Gasteiger partial charge in [0.25, 0.3) is 0 Å².